The van der Waals surface area contributed by atoms with Crippen molar-refractivity contribution in [2.75, 3.05) is 13.6 Å². The molecule has 0 aliphatic carbocycles. The molecule has 0 amide bonds. The summed E-state index contributed by atoms with van der Waals surface area (Å²) in [4.78, 5) is 22.0. The van der Waals surface area contributed by atoms with Crippen molar-refractivity contribution in [1.82, 2.24) is 4.90 Å². The molecule has 0 atom stereocenters. The Morgan fingerprint density at radius 1 is 1.56 bits per heavy atom. The molecule has 0 aliphatic rings. The number of carboxylic acid groups (broad SMARTS) is 1. The lowest BCUT2D eigenvalue weighted by Gasteiger charge is -2.15. The van der Waals surface area contributed by atoms with Gasteiger partial charge in [-0.05, 0) is 13.1 Å². The van der Waals surface area contributed by atoms with Gasteiger partial charge in [-0.25, -0.2) is 4.39 Å². The Bertz CT molecular complexity index is 464. The van der Waals surface area contributed by atoms with E-state index >= 15 is 0 Å². The topological polar surface area (TPSA) is 83.7 Å². The molecule has 0 radical (unpaired) electrons. The molecule has 0 saturated carbocycles. The second-order valence-electron chi connectivity index (χ2n) is 3.88. The Hall–Kier alpha value is -2.02. The average Bonchev–Trinajstić information content (AvgIpc) is 2.28. The lowest BCUT2D eigenvalue weighted by Crippen LogP contribution is -2.22. The first-order valence-electron chi connectivity index (χ1n) is 5.24. The van der Waals surface area contributed by atoms with Crippen molar-refractivity contribution in [1.29, 1.82) is 0 Å². The second-order valence-corrected chi connectivity index (χ2v) is 3.88. The van der Waals surface area contributed by atoms with E-state index in [1.807, 2.05) is 0 Å². The standard InChI is InChI=1S/C11H13FN2O4/c1-13(6-5-11(15)16)7-8-9(12)3-2-4-10(8)14(17)18/h2-4H,5-7H2,1H3,(H,15,16). The van der Waals surface area contributed by atoms with Crippen molar-refractivity contribution < 1.29 is 19.2 Å². The van der Waals surface area contributed by atoms with Crippen molar-refractivity contribution in [2.45, 2.75) is 13.0 Å². The molecule has 1 aromatic rings. The number of aliphatic carboxylic acids is 1. The maximum absolute atomic E-state index is 13.5. The third-order valence-electron chi connectivity index (χ3n) is 2.43. The number of hydrogen-bond acceptors (Lipinski definition) is 4. The normalized spacial score (nSPS) is 10.6. The van der Waals surface area contributed by atoms with Gasteiger partial charge in [0, 0.05) is 19.2 Å². The van der Waals surface area contributed by atoms with E-state index in [-0.39, 0.29) is 30.8 Å². The van der Waals surface area contributed by atoms with Gasteiger partial charge in [0.2, 0.25) is 0 Å². The number of carboxylic acids is 1. The Kier molecular flexibility index (Phi) is 4.73. The van der Waals surface area contributed by atoms with Gasteiger partial charge in [-0.1, -0.05) is 6.07 Å². The summed E-state index contributed by atoms with van der Waals surface area (Å²) in [5, 5.41) is 19.3. The van der Waals surface area contributed by atoms with E-state index in [1.54, 1.807) is 7.05 Å². The van der Waals surface area contributed by atoms with Crippen molar-refractivity contribution in [3.05, 3.63) is 39.7 Å². The predicted molar refractivity (Wildman–Crippen MR) is 61.6 cm³/mol. The number of halogens is 1. The summed E-state index contributed by atoms with van der Waals surface area (Å²) < 4.78 is 13.5. The monoisotopic (exact) mass is 256 g/mol. The van der Waals surface area contributed by atoms with Crippen LogP contribution in [-0.2, 0) is 11.3 Å². The fraction of sp³-hybridized carbons (Fsp3) is 0.364. The maximum Gasteiger partial charge on any atom is 0.304 e. The molecule has 0 heterocycles. The van der Waals surface area contributed by atoms with Gasteiger partial charge in [-0.15, -0.1) is 0 Å². The molecule has 7 heteroatoms. The van der Waals surface area contributed by atoms with Gasteiger partial charge >= 0.3 is 5.97 Å². The highest BCUT2D eigenvalue weighted by Gasteiger charge is 2.19. The van der Waals surface area contributed by atoms with Gasteiger partial charge in [-0.2, -0.15) is 0 Å². The van der Waals surface area contributed by atoms with Gasteiger partial charge in [0.15, 0.2) is 0 Å². The molecule has 1 N–H and O–H groups in total. The van der Waals surface area contributed by atoms with E-state index in [4.69, 9.17) is 5.11 Å². The summed E-state index contributed by atoms with van der Waals surface area (Å²) in [5.41, 5.74) is -0.326. The van der Waals surface area contributed by atoms with Crippen LogP contribution in [0.4, 0.5) is 10.1 Å². The Labute approximate surface area is 103 Å². The molecular weight excluding hydrogens is 243 g/mol. The highest BCUT2D eigenvalue weighted by atomic mass is 19.1. The quantitative estimate of drug-likeness (QED) is 0.618. The Morgan fingerprint density at radius 2 is 2.22 bits per heavy atom. The lowest BCUT2D eigenvalue weighted by molar-refractivity contribution is -0.385. The van der Waals surface area contributed by atoms with E-state index in [2.05, 4.69) is 0 Å². The molecule has 18 heavy (non-hydrogen) atoms. The summed E-state index contributed by atoms with van der Waals surface area (Å²) in [6.45, 7) is 0.192. The molecule has 0 saturated heterocycles. The van der Waals surface area contributed by atoms with Crippen molar-refractivity contribution in [3.8, 4) is 0 Å². The summed E-state index contributed by atoms with van der Waals surface area (Å²) in [5.74, 6) is -1.63. The van der Waals surface area contributed by atoms with Crippen molar-refractivity contribution >= 4 is 11.7 Å². The number of hydrogen-bond donors (Lipinski definition) is 1. The van der Waals surface area contributed by atoms with Crippen molar-refractivity contribution in [2.24, 2.45) is 0 Å². The minimum atomic E-state index is -0.968. The smallest absolute Gasteiger partial charge is 0.304 e. The minimum Gasteiger partial charge on any atom is -0.481 e. The average molecular weight is 256 g/mol. The third kappa shape index (κ3) is 3.77. The van der Waals surface area contributed by atoms with E-state index in [1.165, 1.54) is 17.0 Å². The molecule has 98 valence electrons. The molecule has 0 fully saturated rings. The van der Waals surface area contributed by atoms with E-state index in [9.17, 15) is 19.3 Å². The van der Waals surface area contributed by atoms with Crippen LogP contribution in [0.5, 0.6) is 0 Å². The van der Waals surface area contributed by atoms with E-state index in [0.29, 0.717) is 0 Å². The summed E-state index contributed by atoms with van der Waals surface area (Å²) in [7, 11) is 1.58. The zero-order chi connectivity index (χ0) is 13.7. The molecule has 0 unspecified atom stereocenters. The van der Waals surface area contributed by atoms with Crippen LogP contribution in [0.1, 0.15) is 12.0 Å². The third-order valence-corrected chi connectivity index (χ3v) is 2.43. The molecule has 0 aliphatic heterocycles. The van der Waals surface area contributed by atoms with Crippen LogP contribution in [0.15, 0.2) is 18.2 Å². The minimum absolute atomic E-state index is 0.00370. The van der Waals surface area contributed by atoms with Gasteiger partial charge in [0.1, 0.15) is 5.82 Å². The number of nitro groups is 1. The highest BCUT2D eigenvalue weighted by Crippen LogP contribution is 2.22. The first-order chi connectivity index (χ1) is 8.41. The van der Waals surface area contributed by atoms with Gasteiger partial charge in [0.05, 0.1) is 16.9 Å². The first kappa shape index (κ1) is 14.0. The van der Waals surface area contributed by atoms with Crippen LogP contribution in [0.2, 0.25) is 0 Å². The summed E-state index contributed by atoms with van der Waals surface area (Å²) in [6, 6.07) is 3.64. The van der Waals surface area contributed by atoms with E-state index in [0.717, 1.165) is 6.07 Å². The zero-order valence-corrected chi connectivity index (χ0v) is 9.80. The van der Waals surface area contributed by atoms with Crippen molar-refractivity contribution in [3.63, 3.8) is 0 Å². The lowest BCUT2D eigenvalue weighted by atomic mass is 10.1. The largest absolute Gasteiger partial charge is 0.481 e. The maximum atomic E-state index is 13.5. The summed E-state index contributed by atoms with van der Waals surface area (Å²) >= 11 is 0. The predicted octanol–water partition coefficient (Wildman–Crippen LogP) is 1.64. The number of rotatable bonds is 6. The van der Waals surface area contributed by atoms with Crippen LogP contribution in [0.3, 0.4) is 0 Å². The van der Waals surface area contributed by atoms with Gasteiger partial charge in [0.25, 0.3) is 5.69 Å². The summed E-state index contributed by atoms with van der Waals surface area (Å²) in [6.07, 6.45) is -0.0985. The van der Waals surface area contributed by atoms with Gasteiger partial charge in [-0.3, -0.25) is 14.9 Å². The van der Waals surface area contributed by atoms with Crippen LogP contribution in [0, 0.1) is 15.9 Å². The number of nitrogens with zero attached hydrogens (tertiary/aromatic N) is 2. The molecule has 1 aromatic carbocycles. The van der Waals surface area contributed by atoms with Crippen LogP contribution in [0.25, 0.3) is 0 Å². The molecule has 0 aromatic heterocycles. The fourth-order valence-electron chi connectivity index (χ4n) is 1.51. The molecule has 6 nitrogen and oxygen atoms in total. The number of benzene rings is 1. The first-order valence-corrected chi connectivity index (χ1v) is 5.24. The molecule has 0 spiro atoms. The van der Waals surface area contributed by atoms with Gasteiger partial charge < -0.3 is 10.0 Å². The van der Waals surface area contributed by atoms with E-state index < -0.39 is 16.7 Å². The Morgan fingerprint density at radius 3 is 2.78 bits per heavy atom. The number of carbonyl (C=O) groups is 1. The highest BCUT2D eigenvalue weighted by molar-refractivity contribution is 5.66. The van der Waals surface area contributed by atoms with Crippen LogP contribution >= 0.6 is 0 Å². The van der Waals surface area contributed by atoms with Crippen LogP contribution < -0.4 is 0 Å². The molecular formula is C11H13FN2O4. The molecule has 0 bridgehead atoms. The SMILES string of the molecule is CN(CCC(=O)O)Cc1c(F)cccc1[N+](=O)[O-]. The molecule has 1 rings (SSSR count). The van der Waals surface area contributed by atoms with Crippen LogP contribution in [-0.4, -0.2) is 34.5 Å². The Balaban J connectivity index is 2.83. The number of nitro benzene ring substituents is 1. The second kappa shape index (κ2) is 6.06. The fourth-order valence-corrected chi connectivity index (χ4v) is 1.51. The zero-order valence-electron chi connectivity index (χ0n) is 9.80.